The summed E-state index contributed by atoms with van der Waals surface area (Å²) in [4.78, 5) is 13.9. The lowest BCUT2D eigenvalue weighted by Gasteiger charge is -1.92. The van der Waals surface area contributed by atoms with E-state index in [0.29, 0.717) is 9.99 Å². The van der Waals surface area contributed by atoms with Crippen LogP contribution in [-0.4, -0.2) is 9.91 Å². The number of nitro groups is 1. The number of non-ortho nitro benzene ring substituents is 1. The van der Waals surface area contributed by atoms with Crippen molar-refractivity contribution in [1.29, 1.82) is 0 Å². The molecule has 0 aliphatic rings. The van der Waals surface area contributed by atoms with Gasteiger partial charge in [0, 0.05) is 10.5 Å². The fourth-order valence-electron chi connectivity index (χ4n) is 1.13. The van der Waals surface area contributed by atoms with E-state index in [9.17, 15) is 10.1 Å². The van der Waals surface area contributed by atoms with Crippen LogP contribution in [0.25, 0.3) is 11.1 Å². The number of nitrogens with two attached hydrogens (primary N) is 1. The molecule has 0 spiro atoms. The van der Waals surface area contributed by atoms with Crippen LogP contribution in [0.5, 0.6) is 0 Å². The van der Waals surface area contributed by atoms with Crippen LogP contribution in [0.4, 0.5) is 11.7 Å². The third-order valence-electron chi connectivity index (χ3n) is 1.65. The molecule has 6 nitrogen and oxygen atoms in total. The summed E-state index contributed by atoms with van der Waals surface area (Å²) in [6.45, 7) is 0. The number of benzene rings is 1. The maximum atomic E-state index is 10.6. The molecule has 0 saturated carbocycles. The van der Waals surface area contributed by atoms with Crippen LogP contribution < -0.4 is 5.73 Å². The van der Waals surface area contributed by atoms with Gasteiger partial charge in [0.15, 0.2) is 0 Å². The number of rotatable bonds is 1. The highest BCUT2D eigenvalue weighted by Gasteiger charge is 2.18. The maximum Gasteiger partial charge on any atom is 0.315 e. The Balaban J connectivity index is 2.85. The van der Waals surface area contributed by atoms with Gasteiger partial charge in [0.2, 0.25) is 5.58 Å². The van der Waals surface area contributed by atoms with Crippen LogP contribution in [0.15, 0.2) is 21.0 Å². The quantitative estimate of drug-likeness (QED) is 0.624. The predicted octanol–water partition coefficient (Wildman–Crippen LogP) is 2.08. The van der Waals surface area contributed by atoms with Crippen LogP contribution >= 0.6 is 15.9 Å². The minimum Gasteiger partial charge on any atom is -0.416 e. The highest BCUT2D eigenvalue weighted by molar-refractivity contribution is 9.10. The molecule has 0 radical (unpaired) electrons. The average Bonchev–Trinajstić information content (AvgIpc) is 2.42. The van der Waals surface area contributed by atoms with Crippen molar-refractivity contribution < 1.29 is 9.34 Å². The van der Waals surface area contributed by atoms with Gasteiger partial charge in [0.1, 0.15) is 5.52 Å². The van der Waals surface area contributed by atoms with E-state index in [4.69, 9.17) is 10.2 Å². The van der Waals surface area contributed by atoms with Gasteiger partial charge in [-0.05, 0) is 6.07 Å². The highest BCUT2D eigenvalue weighted by Crippen LogP contribution is 2.30. The Morgan fingerprint density at radius 3 is 2.93 bits per heavy atom. The van der Waals surface area contributed by atoms with Crippen molar-refractivity contribution in [1.82, 2.24) is 4.98 Å². The molecule has 2 N–H and O–H groups in total. The highest BCUT2D eigenvalue weighted by atomic mass is 79.9. The summed E-state index contributed by atoms with van der Waals surface area (Å²) in [5, 5.41) is 10.6. The van der Waals surface area contributed by atoms with Crippen molar-refractivity contribution >= 4 is 38.7 Å². The van der Waals surface area contributed by atoms with Gasteiger partial charge in [-0.2, -0.15) is 4.98 Å². The van der Waals surface area contributed by atoms with Crippen LogP contribution in [0, 0.1) is 10.1 Å². The Hall–Kier alpha value is -1.63. The molecule has 0 amide bonds. The minimum atomic E-state index is -0.544. The Bertz CT molecular complexity index is 522. The predicted molar refractivity (Wildman–Crippen MR) is 52.8 cm³/mol. The number of halogens is 1. The summed E-state index contributed by atoms with van der Waals surface area (Å²) in [5.41, 5.74) is 5.60. The van der Waals surface area contributed by atoms with E-state index in [1.165, 1.54) is 6.07 Å². The van der Waals surface area contributed by atoms with E-state index >= 15 is 0 Å². The first kappa shape index (κ1) is 8.95. The van der Waals surface area contributed by atoms with Gasteiger partial charge in [-0.1, -0.05) is 15.9 Å². The lowest BCUT2D eigenvalue weighted by atomic mass is 10.3. The minimum absolute atomic E-state index is 0.0822. The summed E-state index contributed by atoms with van der Waals surface area (Å²) in [6, 6.07) is 2.86. The zero-order chi connectivity index (χ0) is 10.3. The number of fused-ring (bicyclic) bond motifs is 1. The monoisotopic (exact) mass is 257 g/mol. The van der Waals surface area contributed by atoms with Crippen LogP contribution in [0.2, 0.25) is 0 Å². The molecule has 0 aliphatic heterocycles. The molecule has 0 saturated heterocycles. The van der Waals surface area contributed by atoms with Crippen molar-refractivity contribution in [3.05, 3.63) is 26.7 Å². The molecule has 0 fully saturated rings. The normalized spacial score (nSPS) is 10.6. The SMILES string of the molecule is Nc1nc2cc(Br)cc([N+](=O)[O-])c2o1. The Kier molecular flexibility index (Phi) is 1.88. The van der Waals surface area contributed by atoms with Gasteiger partial charge < -0.3 is 10.2 Å². The number of oxazole rings is 1. The molecule has 0 bridgehead atoms. The van der Waals surface area contributed by atoms with E-state index in [1.807, 2.05) is 0 Å². The molecule has 7 heteroatoms. The Morgan fingerprint density at radius 2 is 2.29 bits per heavy atom. The first-order valence-corrected chi connectivity index (χ1v) is 4.37. The topological polar surface area (TPSA) is 95.2 Å². The van der Waals surface area contributed by atoms with Gasteiger partial charge in [-0.15, -0.1) is 0 Å². The van der Waals surface area contributed by atoms with Gasteiger partial charge >= 0.3 is 5.69 Å². The van der Waals surface area contributed by atoms with E-state index in [1.54, 1.807) is 6.07 Å². The molecule has 1 aromatic heterocycles. The number of nitrogens with zero attached hydrogens (tertiary/aromatic N) is 2. The average molecular weight is 258 g/mol. The second kappa shape index (κ2) is 2.95. The maximum absolute atomic E-state index is 10.6. The smallest absolute Gasteiger partial charge is 0.315 e. The summed E-state index contributed by atoms with van der Waals surface area (Å²) in [5.74, 6) is 0. The van der Waals surface area contributed by atoms with Crippen LogP contribution in [-0.2, 0) is 0 Å². The largest absolute Gasteiger partial charge is 0.416 e. The Labute approximate surface area is 86.0 Å². The molecule has 2 aromatic rings. The fourth-order valence-corrected chi connectivity index (χ4v) is 1.57. The summed E-state index contributed by atoms with van der Waals surface area (Å²) < 4.78 is 5.48. The lowest BCUT2D eigenvalue weighted by molar-refractivity contribution is -0.383. The third-order valence-corrected chi connectivity index (χ3v) is 2.11. The number of nitro benzene ring substituents is 1. The van der Waals surface area contributed by atoms with Crippen molar-refractivity contribution in [2.45, 2.75) is 0 Å². The van der Waals surface area contributed by atoms with Gasteiger partial charge in [-0.3, -0.25) is 10.1 Å². The van der Waals surface area contributed by atoms with Crippen LogP contribution in [0.1, 0.15) is 0 Å². The van der Waals surface area contributed by atoms with E-state index < -0.39 is 4.92 Å². The summed E-state index contributed by atoms with van der Waals surface area (Å²) in [7, 11) is 0. The molecule has 72 valence electrons. The van der Waals surface area contributed by atoms with E-state index in [2.05, 4.69) is 20.9 Å². The first-order chi connectivity index (χ1) is 6.58. The van der Waals surface area contributed by atoms with Crippen molar-refractivity contribution in [3.63, 3.8) is 0 Å². The van der Waals surface area contributed by atoms with Gasteiger partial charge in [0.05, 0.1) is 4.92 Å². The number of anilines is 1. The number of hydrogen-bond acceptors (Lipinski definition) is 5. The number of nitrogen functional groups attached to an aromatic ring is 1. The molecular formula is C7H4BrN3O3. The molecule has 14 heavy (non-hydrogen) atoms. The van der Waals surface area contributed by atoms with Gasteiger partial charge in [0.25, 0.3) is 6.01 Å². The van der Waals surface area contributed by atoms with Crippen molar-refractivity contribution in [3.8, 4) is 0 Å². The molecule has 1 heterocycles. The zero-order valence-electron chi connectivity index (χ0n) is 6.73. The van der Waals surface area contributed by atoms with Gasteiger partial charge in [-0.25, -0.2) is 0 Å². The number of aromatic nitrogens is 1. The lowest BCUT2D eigenvalue weighted by Crippen LogP contribution is -1.88. The summed E-state index contributed by atoms with van der Waals surface area (Å²) in [6.07, 6.45) is 0. The zero-order valence-corrected chi connectivity index (χ0v) is 8.32. The Morgan fingerprint density at radius 1 is 1.57 bits per heavy atom. The first-order valence-electron chi connectivity index (χ1n) is 3.58. The molecule has 1 aromatic carbocycles. The standard InChI is InChI=1S/C7H4BrN3O3/c8-3-1-4-6(14-7(9)10-4)5(2-3)11(12)13/h1-2H,(H2,9,10). The molecule has 2 rings (SSSR count). The summed E-state index contributed by atoms with van der Waals surface area (Å²) >= 11 is 3.13. The second-order valence-corrected chi connectivity index (χ2v) is 3.50. The number of hydrogen-bond donors (Lipinski definition) is 1. The fraction of sp³-hybridized carbons (Fsp3) is 0. The van der Waals surface area contributed by atoms with Crippen molar-refractivity contribution in [2.24, 2.45) is 0 Å². The second-order valence-electron chi connectivity index (χ2n) is 2.58. The molecule has 0 unspecified atom stereocenters. The molecule has 0 aliphatic carbocycles. The van der Waals surface area contributed by atoms with E-state index in [-0.39, 0.29) is 17.3 Å². The van der Waals surface area contributed by atoms with Crippen molar-refractivity contribution in [2.75, 3.05) is 5.73 Å². The molecular weight excluding hydrogens is 254 g/mol. The molecule has 0 atom stereocenters. The third kappa shape index (κ3) is 1.31. The van der Waals surface area contributed by atoms with Crippen LogP contribution in [0.3, 0.4) is 0 Å². The van der Waals surface area contributed by atoms with E-state index in [0.717, 1.165) is 0 Å².